The quantitative estimate of drug-likeness (QED) is 0.448. The molecule has 0 spiro atoms. The Bertz CT molecular complexity index is 1360. The van der Waals surface area contributed by atoms with E-state index >= 15 is 0 Å². The van der Waals surface area contributed by atoms with E-state index in [0.29, 0.717) is 41.2 Å². The third-order valence-corrected chi connectivity index (χ3v) is 5.08. The Balaban J connectivity index is 1.70. The summed E-state index contributed by atoms with van der Waals surface area (Å²) in [6.07, 6.45) is 4.16. The Morgan fingerprint density at radius 2 is 1.97 bits per heavy atom. The molecule has 0 aliphatic heterocycles. The number of benzene rings is 1. The highest BCUT2D eigenvalue weighted by Gasteiger charge is 2.17. The average Bonchev–Trinajstić information content (AvgIpc) is 3.24. The summed E-state index contributed by atoms with van der Waals surface area (Å²) < 4.78 is 14.7. The van der Waals surface area contributed by atoms with Crippen LogP contribution in [-0.4, -0.2) is 35.5 Å². The number of nitrogens with zero attached hydrogens (tertiary/aromatic N) is 5. The van der Waals surface area contributed by atoms with Crippen molar-refractivity contribution in [1.82, 2.24) is 29.5 Å². The van der Waals surface area contributed by atoms with E-state index in [1.807, 2.05) is 6.92 Å². The Morgan fingerprint density at radius 1 is 1.21 bits per heavy atom. The number of aromatic nitrogens is 6. The SMILES string of the molecule is CCc1c(NC(=O)Cc2ccc(F)cc2)nc(-c2cn3ncnc3c(CC(C)C)n2)[nH]c1=O. The lowest BCUT2D eigenvalue weighted by molar-refractivity contribution is -0.115. The highest BCUT2D eigenvalue weighted by Crippen LogP contribution is 2.20. The molecule has 0 unspecified atom stereocenters. The van der Waals surface area contributed by atoms with Gasteiger partial charge in [-0.05, 0) is 36.5 Å². The summed E-state index contributed by atoms with van der Waals surface area (Å²) in [5.41, 5.74) is 2.45. The van der Waals surface area contributed by atoms with Gasteiger partial charge in [0, 0.05) is 0 Å². The number of carbonyl (C=O) groups is 1. The van der Waals surface area contributed by atoms with Gasteiger partial charge < -0.3 is 10.3 Å². The number of H-pyrrole nitrogens is 1. The normalized spacial score (nSPS) is 11.3. The number of hydrogen-bond donors (Lipinski definition) is 2. The highest BCUT2D eigenvalue weighted by molar-refractivity contribution is 5.92. The Kier molecular flexibility index (Phi) is 6.25. The zero-order valence-electron chi connectivity index (χ0n) is 18.6. The Hall–Kier alpha value is -3.95. The van der Waals surface area contributed by atoms with Crippen molar-refractivity contribution in [3.8, 4) is 11.5 Å². The molecule has 0 bridgehead atoms. The molecular formula is C23H24FN7O2. The monoisotopic (exact) mass is 449 g/mol. The lowest BCUT2D eigenvalue weighted by atomic mass is 10.1. The van der Waals surface area contributed by atoms with Crippen molar-refractivity contribution in [2.75, 3.05) is 5.32 Å². The summed E-state index contributed by atoms with van der Waals surface area (Å²) in [4.78, 5) is 41.6. The second kappa shape index (κ2) is 9.27. The summed E-state index contributed by atoms with van der Waals surface area (Å²) in [5, 5.41) is 6.93. The number of nitrogens with one attached hydrogen (secondary N) is 2. The minimum absolute atomic E-state index is 0.0228. The number of hydrogen-bond acceptors (Lipinski definition) is 6. The first-order valence-corrected chi connectivity index (χ1v) is 10.7. The van der Waals surface area contributed by atoms with Crippen molar-refractivity contribution in [2.24, 2.45) is 5.92 Å². The number of anilines is 1. The van der Waals surface area contributed by atoms with Gasteiger partial charge in [-0.3, -0.25) is 9.59 Å². The third kappa shape index (κ3) is 4.94. The van der Waals surface area contributed by atoms with Crippen LogP contribution in [0.3, 0.4) is 0 Å². The maximum Gasteiger partial charge on any atom is 0.256 e. The van der Waals surface area contributed by atoms with Crippen molar-refractivity contribution in [3.05, 3.63) is 69.8 Å². The van der Waals surface area contributed by atoms with Crippen LogP contribution >= 0.6 is 0 Å². The van der Waals surface area contributed by atoms with E-state index in [0.717, 1.165) is 5.69 Å². The first-order valence-electron chi connectivity index (χ1n) is 10.7. The molecule has 3 heterocycles. The molecule has 0 atom stereocenters. The molecule has 0 fully saturated rings. The number of fused-ring (bicyclic) bond motifs is 1. The second-order valence-corrected chi connectivity index (χ2v) is 8.15. The van der Waals surface area contributed by atoms with Gasteiger partial charge in [0.2, 0.25) is 5.91 Å². The number of aromatic amines is 1. The molecule has 3 aromatic heterocycles. The minimum atomic E-state index is -0.373. The molecule has 33 heavy (non-hydrogen) atoms. The molecule has 4 aromatic rings. The molecule has 1 amide bonds. The third-order valence-electron chi connectivity index (χ3n) is 5.08. The molecule has 2 N–H and O–H groups in total. The summed E-state index contributed by atoms with van der Waals surface area (Å²) >= 11 is 0. The highest BCUT2D eigenvalue weighted by atomic mass is 19.1. The number of rotatable bonds is 7. The standard InChI is InChI=1S/C23H24FN7O2/c1-4-16-20(28-19(32)10-14-5-7-15(24)8-6-14)29-21(30-23(16)33)18-11-31-22(25-12-26-31)17(27-18)9-13(2)3/h5-8,11-13H,4,9-10H2,1-3H3,(H2,28,29,30,32,33). The van der Waals surface area contributed by atoms with E-state index < -0.39 is 0 Å². The van der Waals surface area contributed by atoms with Crippen LogP contribution < -0.4 is 10.9 Å². The van der Waals surface area contributed by atoms with E-state index in [1.54, 1.807) is 22.8 Å². The molecule has 9 nitrogen and oxygen atoms in total. The molecule has 0 aliphatic rings. The smallest absolute Gasteiger partial charge is 0.256 e. The number of halogens is 1. The summed E-state index contributed by atoms with van der Waals surface area (Å²) in [5.74, 6) is -0.00228. The Morgan fingerprint density at radius 3 is 2.67 bits per heavy atom. The molecule has 0 saturated heterocycles. The molecule has 170 valence electrons. The topological polar surface area (TPSA) is 118 Å². The van der Waals surface area contributed by atoms with Crippen molar-refractivity contribution in [2.45, 2.75) is 40.0 Å². The molecule has 0 saturated carbocycles. The van der Waals surface area contributed by atoms with Gasteiger partial charge in [-0.15, -0.1) is 0 Å². The maximum absolute atomic E-state index is 13.1. The van der Waals surface area contributed by atoms with E-state index in [9.17, 15) is 14.0 Å². The van der Waals surface area contributed by atoms with Gasteiger partial charge in [0.15, 0.2) is 11.5 Å². The first-order chi connectivity index (χ1) is 15.8. The lowest BCUT2D eigenvalue weighted by Crippen LogP contribution is -2.23. The van der Waals surface area contributed by atoms with Crippen molar-refractivity contribution in [1.29, 1.82) is 0 Å². The fourth-order valence-corrected chi connectivity index (χ4v) is 3.54. The Labute approximate surface area is 189 Å². The summed E-state index contributed by atoms with van der Waals surface area (Å²) in [7, 11) is 0. The molecule has 4 rings (SSSR count). The molecule has 10 heteroatoms. The second-order valence-electron chi connectivity index (χ2n) is 8.15. The van der Waals surface area contributed by atoms with Gasteiger partial charge in [0.25, 0.3) is 5.56 Å². The molecule has 0 radical (unpaired) electrons. The van der Waals surface area contributed by atoms with Crippen LogP contribution in [0.25, 0.3) is 17.2 Å². The van der Waals surface area contributed by atoms with Crippen molar-refractivity contribution >= 4 is 17.4 Å². The number of carbonyl (C=O) groups excluding carboxylic acids is 1. The minimum Gasteiger partial charge on any atom is -0.310 e. The maximum atomic E-state index is 13.1. The summed E-state index contributed by atoms with van der Waals surface area (Å²) in [6.45, 7) is 5.96. The predicted molar refractivity (Wildman–Crippen MR) is 121 cm³/mol. The molecule has 0 aliphatic carbocycles. The molecular weight excluding hydrogens is 425 g/mol. The van der Waals surface area contributed by atoms with Crippen LogP contribution in [0.5, 0.6) is 0 Å². The zero-order chi connectivity index (χ0) is 23.5. The average molecular weight is 449 g/mol. The van der Waals surface area contributed by atoms with Crippen LogP contribution in [0.15, 0.2) is 41.6 Å². The van der Waals surface area contributed by atoms with Gasteiger partial charge in [0.05, 0.1) is 23.9 Å². The van der Waals surface area contributed by atoms with Crippen LogP contribution in [0.2, 0.25) is 0 Å². The first kappa shape index (κ1) is 22.3. The summed E-state index contributed by atoms with van der Waals surface area (Å²) in [6, 6.07) is 5.67. The van der Waals surface area contributed by atoms with Crippen molar-refractivity contribution in [3.63, 3.8) is 0 Å². The van der Waals surface area contributed by atoms with Crippen LogP contribution in [0.1, 0.15) is 37.6 Å². The largest absolute Gasteiger partial charge is 0.310 e. The van der Waals surface area contributed by atoms with Gasteiger partial charge in [-0.2, -0.15) is 5.10 Å². The van der Waals surface area contributed by atoms with Gasteiger partial charge in [-0.1, -0.05) is 32.9 Å². The van der Waals surface area contributed by atoms with E-state index in [1.165, 1.54) is 18.5 Å². The molecule has 1 aromatic carbocycles. The number of amides is 1. The fraction of sp³-hybridized carbons (Fsp3) is 0.304. The van der Waals surface area contributed by atoms with E-state index in [-0.39, 0.29) is 35.3 Å². The van der Waals surface area contributed by atoms with Gasteiger partial charge in [-0.25, -0.2) is 23.9 Å². The van der Waals surface area contributed by atoms with Gasteiger partial charge in [0.1, 0.15) is 23.7 Å². The van der Waals surface area contributed by atoms with Gasteiger partial charge >= 0.3 is 0 Å². The lowest BCUT2D eigenvalue weighted by Gasteiger charge is -2.12. The van der Waals surface area contributed by atoms with E-state index in [4.69, 9.17) is 0 Å². The van der Waals surface area contributed by atoms with Crippen LogP contribution in [0.4, 0.5) is 10.2 Å². The van der Waals surface area contributed by atoms with Crippen LogP contribution in [0, 0.1) is 11.7 Å². The zero-order valence-corrected chi connectivity index (χ0v) is 18.6. The predicted octanol–water partition coefficient (Wildman–Crippen LogP) is 2.96. The van der Waals surface area contributed by atoms with Crippen LogP contribution in [-0.2, 0) is 24.1 Å². The van der Waals surface area contributed by atoms with Crippen molar-refractivity contribution < 1.29 is 9.18 Å². The van der Waals surface area contributed by atoms with E-state index in [2.05, 4.69) is 44.2 Å². The fourth-order valence-electron chi connectivity index (χ4n) is 3.54.